The Kier molecular flexibility index (Phi) is 3.67. The number of ether oxygens (including phenoxy) is 2. The van der Waals surface area contributed by atoms with E-state index in [2.05, 4.69) is 0 Å². The Morgan fingerprint density at radius 1 is 1.33 bits per heavy atom. The second kappa shape index (κ2) is 5.23. The molecule has 0 aliphatic carbocycles. The molecule has 0 bridgehead atoms. The maximum atomic E-state index is 12.7. The average Bonchev–Trinajstić information content (AvgIpc) is 3.31. The molecule has 3 amide bonds. The summed E-state index contributed by atoms with van der Waals surface area (Å²) in [5.74, 6) is -0.227. The number of carbonyl (C=O) groups is 2. The van der Waals surface area contributed by atoms with Crippen LogP contribution in [-0.4, -0.2) is 77.0 Å². The van der Waals surface area contributed by atoms with Crippen LogP contribution in [0.25, 0.3) is 0 Å². The largest absolute Gasteiger partial charge is 0.392 e. The Morgan fingerprint density at radius 2 is 1.95 bits per heavy atom. The van der Waals surface area contributed by atoms with Gasteiger partial charge in [-0.15, -0.1) is 0 Å². The van der Waals surface area contributed by atoms with E-state index in [1.54, 1.807) is 18.7 Å². The van der Waals surface area contributed by atoms with Crippen molar-refractivity contribution in [3.8, 4) is 0 Å². The van der Waals surface area contributed by atoms with Crippen molar-refractivity contribution in [1.82, 2.24) is 9.80 Å². The predicted octanol–water partition coefficient (Wildman–Crippen LogP) is -0.0321. The lowest BCUT2D eigenvalue weighted by Crippen LogP contribution is -2.48. The Bertz CT molecular complexity index is 447. The monoisotopic (exact) mass is 298 g/mol. The van der Waals surface area contributed by atoms with Gasteiger partial charge in [0.1, 0.15) is 5.54 Å². The van der Waals surface area contributed by atoms with Gasteiger partial charge in [-0.1, -0.05) is 0 Å². The summed E-state index contributed by atoms with van der Waals surface area (Å²) in [5, 5.41) is 9.52. The molecule has 1 N–H and O–H groups in total. The third kappa shape index (κ3) is 2.90. The molecule has 21 heavy (non-hydrogen) atoms. The first-order valence-electron chi connectivity index (χ1n) is 7.46. The molecule has 7 nitrogen and oxygen atoms in total. The van der Waals surface area contributed by atoms with Crippen LogP contribution in [0, 0.1) is 0 Å². The van der Waals surface area contributed by atoms with Gasteiger partial charge in [-0.05, 0) is 26.7 Å². The van der Waals surface area contributed by atoms with Crippen LogP contribution in [0.2, 0.25) is 0 Å². The van der Waals surface area contributed by atoms with Crippen LogP contribution < -0.4 is 0 Å². The van der Waals surface area contributed by atoms with E-state index in [9.17, 15) is 14.7 Å². The smallest absolute Gasteiger partial charge is 0.327 e. The normalized spacial score (nSPS) is 36.3. The predicted molar refractivity (Wildman–Crippen MR) is 72.6 cm³/mol. The molecule has 7 heteroatoms. The molecule has 0 saturated carbocycles. The zero-order valence-corrected chi connectivity index (χ0v) is 12.4. The van der Waals surface area contributed by atoms with Crippen LogP contribution in [0.1, 0.15) is 26.7 Å². The summed E-state index contributed by atoms with van der Waals surface area (Å²) in [7, 11) is 0. The Morgan fingerprint density at radius 3 is 2.48 bits per heavy atom. The summed E-state index contributed by atoms with van der Waals surface area (Å²) < 4.78 is 10.4. The van der Waals surface area contributed by atoms with E-state index in [1.165, 1.54) is 4.90 Å². The van der Waals surface area contributed by atoms with Crippen LogP contribution in [0.4, 0.5) is 4.79 Å². The van der Waals surface area contributed by atoms with Crippen LogP contribution in [0.3, 0.4) is 0 Å². The van der Waals surface area contributed by atoms with Crippen molar-refractivity contribution in [2.24, 2.45) is 0 Å². The SMILES string of the molecule is CC(O)CN1C(=O)N(CC2CO2)C(C)(CCC2CO2)C1=O. The minimum atomic E-state index is -0.857. The van der Waals surface area contributed by atoms with Gasteiger partial charge in [0.2, 0.25) is 0 Å². The molecule has 0 aromatic rings. The van der Waals surface area contributed by atoms with Crippen molar-refractivity contribution in [1.29, 1.82) is 0 Å². The zero-order valence-electron chi connectivity index (χ0n) is 12.4. The molecule has 118 valence electrons. The Hall–Kier alpha value is -1.18. The lowest BCUT2D eigenvalue weighted by molar-refractivity contribution is -0.133. The molecule has 3 aliphatic heterocycles. The van der Waals surface area contributed by atoms with Gasteiger partial charge in [0.25, 0.3) is 5.91 Å². The number of nitrogens with zero attached hydrogens (tertiary/aromatic N) is 2. The summed E-state index contributed by atoms with van der Waals surface area (Å²) >= 11 is 0. The minimum absolute atomic E-state index is 0.0322. The van der Waals surface area contributed by atoms with Crippen LogP contribution in [0.5, 0.6) is 0 Å². The number of aliphatic hydroxyl groups excluding tert-OH is 1. The van der Waals surface area contributed by atoms with Crippen molar-refractivity contribution < 1.29 is 24.2 Å². The van der Waals surface area contributed by atoms with Crippen molar-refractivity contribution in [3.05, 3.63) is 0 Å². The molecular formula is C14H22N2O5. The highest BCUT2D eigenvalue weighted by Gasteiger charge is 2.55. The second-order valence-electron chi connectivity index (χ2n) is 6.38. The molecule has 4 unspecified atom stereocenters. The van der Waals surface area contributed by atoms with E-state index in [4.69, 9.17) is 9.47 Å². The number of hydrogen-bond acceptors (Lipinski definition) is 5. The topological polar surface area (TPSA) is 85.9 Å². The first-order chi connectivity index (χ1) is 9.91. The minimum Gasteiger partial charge on any atom is -0.392 e. The van der Waals surface area contributed by atoms with E-state index in [0.717, 1.165) is 13.0 Å². The summed E-state index contributed by atoms with van der Waals surface area (Å²) in [4.78, 5) is 28.0. The standard InChI is InChI=1S/C14H22N2O5/c1-9(17)5-15-12(18)14(2,4-3-10-7-20-10)16(13(15)19)6-11-8-21-11/h9-11,17H,3-8H2,1-2H3. The van der Waals surface area contributed by atoms with E-state index in [1.807, 2.05) is 0 Å². The first kappa shape index (κ1) is 14.7. The third-order valence-corrected chi connectivity index (χ3v) is 4.35. The van der Waals surface area contributed by atoms with Gasteiger partial charge in [0.15, 0.2) is 0 Å². The second-order valence-corrected chi connectivity index (χ2v) is 6.38. The van der Waals surface area contributed by atoms with Crippen molar-refractivity contribution in [3.63, 3.8) is 0 Å². The van der Waals surface area contributed by atoms with Gasteiger partial charge in [-0.25, -0.2) is 4.79 Å². The number of urea groups is 1. The molecule has 3 rings (SSSR count). The fourth-order valence-corrected chi connectivity index (χ4v) is 2.85. The number of amides is 3. The lowest BCUT2D eigenvalue weighted by Gasteiger charge is -2.31. The summed E-state index contributed by atoms with van der Waals surface area (Å²) in [6.45, 7) is 5.22. The van der Waals surface area contributed by atoms with Crippen LogP contribution >= 0.6 is 0 Å². The lowest BCUT2D eigenvalue weighted by atomic mass is 9.93. The van der Waals surface area contributed by atoms with Crippen molar-refractivity contribution in [2.45, 2.75) is 50.5 Å². The summed E-state index contributed by atoms with van der Waals surface area (Å²) in [5.41, 5.74) is -0.857. The number of carbonyl (C=O) groups excluding carboxylic acids is 2. The Labute approximate surface area is 123 Å². The first-order valence-corrected chi connectivity index (χ1v) is 7.46. The number of rotatable bonds is 7. The molecule has 3 heterocycles. The molecule has 0 radical (unpaired) electrons. The molecule has 0 aromatic heterocycles. The van der Waals surface area contributed by atoms with Gasteiger partial charge in [0, 0.05) is 0 Å². The van der Waals surface area contributed by atoms with Gasteiger partial charge in [-0.3, -0.25) is 9.69 Å². The van der Waals surface area contributed by atoms with Crippen LogP contribution in [0.15, 0.2) is 0 Å². The number of epoxide rings is 2. The molecule has 3 saturated heterocycles. The van der Waals surface area contributed by atoms with Crippen molar-refractivity contribution >= 4 is 11.9 Å². The highest BCUT2D eigenvalue weighted by atomic mass is 16.6. The average molecular weight is 298 g/mol. The fraction of sp³-hybridized carbons (Fsp3) is 0.857. The molecule has 4 atom stereocenters. The van der Waals surface area contributed by atoms with E-state index in [0.29, 0.717) is 19.6 Å². The number of aliphatic hydroxyl groups is 1. The number of β-amino-alcohol motifs (C(OH)–C–C–N with tert-alkyl or cyclic N) is 1. The molecule has 0 aromatic carbocycles. The quantitative estimate of drug-likeness (QED) is 0.527. The molecular weight excluding hydrogens is 276 g/mol. The number of imide groups is 1. The maximum absolute atomic E-state index is 12.7. The maximum Gasteiger partial charge on any atom is 0.327 e. The third-order valence-electron chi connectivity index (χ3n) is 4.35. The molecule has 3 aliphatic rings. The zero-order chi connectivity index (χ0) is 15.2. The highest BCUT2D eigenvalue weighted by molar-refractivity contribution is 6.06. The van der Waals surface area contributed by atoms with Gasteiger partial charge in [0.05, 0.1) is 44.6 Å². The summed E-state index contributed by atoms with van der Waals surface area (Å²) in [6.07, 6.45) is 0.857. The Balaban J connectivity index is 1.77. The summed E-state index contributed by atoms with van der Waals surface area (Å²) in [6, 6.07) is -0.324. The van der Waals surface area contributed by atoms with Gasteiger partial charge in [-0.2, -0.15) is 0 Å². The van der Waals surface area contributed by atoms with Crippen LogP contribution in [-0.2, 0) is 14.3 Å². The van der Waals surface area contributed by atoms with E-state index < -0.39 is 11.6 Å². The number of hydrogen-bond donors (Lipinski definition) is 1. The molecule has 3 fully saturated rings. The highest BCUT2D eigenvalue weighted by Crippen LogP contribution is 2.35. The van der Waals surface area contributed by atoms with E-state index in [-0.39, 0.29) is 30.7 Å². The van der Waals surface area contributed by atoms with Crippen molar-refractivity contribution in [2.75, 3.05) is 26.3 Å². The van der Waals surface area contributed by atoms with Gasteiger partial charge < -0.3 is 19.5 Å². The fourth-order valence-electron chi connectivity index (χ4n) is 2.85. The molecule has 0 spiro atoms. The van der Waals surface area contributed by atoms with Gasteiger partial charge >= 0.3 is 6.03 Å². The van der Waals surface area contributed by atoms with E-state index >= 15 is 0 Å².